The van der Waals surface area contributed by atoms with Gasteiger partial charge in [0, 0.05) is 0 Å². The van der Waals surface area contributed by atoms with Crippen LogP contribution in [0.25, 0.3) is 11.2 Å². The highest BCUT2D eigenvalue weighted by Gasteiger charge is 2.32. The zero-order valence-corrected chi connectivity index (χ0v) is 7.39. The standard InChI is InChI=1S/C6H4ClF2N5/c7-6(8,9)5-13-3(10)2-4(14-5)12-1-11-2/h1H,(H3,10,11,12,13,14). The third kappa shape index (κ3) is 1.35. The lowest BCUT2D eigenvalue weighted by atomic mass is 10.4. The van der Waals surface area contributed by atoms with Crippen molar-refractivity contribution >= 4 is 28.6 Å². The van der Waals surface area contributed by atoms with Gasteiger partial charge in [-0.1, -0.05) is 0 Å². The van der Waals surface area contributed by atoms with E-state index in [0.29, 0.717) is 5.52 Å². The quantitative estimate of drug-likeness (QED) is 0.707. The van der Waals surface area contributed by atoms with E-state index in [0.717, 1.165) is 0 Å². The van der Waals surface area contributed by atoms with Crippen LogP contribution in [-0.2, 0) is 5.38 Å². The second-order valence-corrected chi connectivity index (χ2v) is 3.01. The van der Waals surface area contributed by atoms with Crippen LogP contribution >= 0.6 is 11.6 Å². The number of fused-ring (bicyclic) bond motifs is 1. The number of anilines is 1. The van der Waals surface area contributed by atoms with Crippen molar-refractivity contribution < 1.29 is 8.78 Å². The molecule has 0 aliphatic rings. The summed E-state index contributed by atoms with van der Waals surface area (Å²) in [4.78, 5) is 13.1. The molecule has 0 aromatic carbocycles. The van der Waals surface area contributed by atoms with Gasteiger partial charge in [0.15, 0.2) is 11.5 Å². The fourth-order valence-electron chi connectivity index (χ4n) is 0.982. The lowest BCUT2D eigenvalue weighted by Gasteiger charge is -2.05. The molecule has 2 heterocycles. The van der Waals surface area contributed by atoms with Crippen LogP contribution in [0.1, 0.15) is 5.82 Å². The summed E-state index contributed by atoms with van der Waals surface area (Å²) in [7, 11) is 0. The molecular weight excluding hydrogens is 216 g/mol. The average molecular weight is 220 g/mol. The molecule has 0 bridgehead atoms. The summed E-state index contributed by atoms with van der Waals surface area (Å²) >= 11 is 4.75. The molecule has 14 heavy (non-hydrogen) atoms. The second kappa shape index (κ2) is 2.74. The van der Waals surface area contributed by atoms with Gasteiger partial charge in [0.25, 0.3) is 0 Å². The van der Waals surface area contributed by atoms with Gasteiger partial charge in [-0.15, -0.1) is 0 Å². The van der Waals surface area contributed by atoms with Crippen molar-refractivity contribution in [3.63, 3.8) is 0 Å². The van der Waals surface area contributed by atoms with Gasteiger partial charge in [0.05, 0.1) is 6.33 Å². The molecule has 0 aliphatic heterocycles. The molecule has 0 amide bonds. The summed E-state index contributed by atoms with van der Waals surface area (Å²) in [6.07, 6.45) is 1.28. The summed E-state index contributed by atoms with van der Waals surface area (Å²) in [6, 6.07) is 0. The van der Waals surface area contributed by atoms with Gasteiger partial charge in [-0.05, 0) is 11.6 Å². The van der Waals surface area contributed by atoms with Crippen molar-refractivity contribution in [2.75, 3.05) is 5.73 Å². The highest BCUT2D eigenvalue weighted by atomic mass is 35.5. The summed E-state index contributed by atoms with van der Waals surface area (Å²) < 4.78 is 25.2. The number of aromatic amines is 1. The minimum Gasteiger partial charge on any atom is -0.382 e. The van der Waals surface area contributed by atoms with Crippen molar-refractivity contribution in [3.8, 4) is 0 Å². The summed E-state index contributed by atoms with van der Waals surface area (Å²) in [5.74, 6) is -0.959. The minimum absolute atomic E-state index is 0.0628. The predicted molar refractivity (Wildman–Crippen MR) is 45.8 cm³/mol. The highest BCUT2D eigenvalue weighted by molar-refractivity contribution is 6.21. The zero-order valence-electron chi connectivity index (χ0n) is 6.63. The van der Waals surface area contributed by atoms with Gasteiger partial charge in [0.1, 0.15) is 5.52 Å². The monoisotopic (exact) mass is 219 g/mol. The number of nitrogens with two attached hydrogens (primary N) is 1. The van der Waals surface area contributed by atoms with E-state index in [-0.39, 0.29) is 11.5 Å². The number of nitrogens with zero attached hydrogens (tertiary/aromatic N) is 3. The molecule has 0 fully saturated rings. The first-order valence-electron chi connectivity index (χ1n) is 3.52. The van der Waals surface area contributed by atoms with Crippen molar-refractivity contribution in [1.82, 2.24) is 19.9 Å². The maximum atomic E-state index is 12.6. The van der Waals surface area contributed by atoms with Gasteiger partial charge in [-0.25, -0.2) is 15.0 Å². The van der Waals surface area contributed by atoms with Gasteiger partial charge in [-0.3, -0.25) is 0 Å². The van der Waals surface area contributed by atoms with Crippen LogP contribution in [0.2, 0.25) is 0 Å². The predicted octanol–water partition coefficient (Wildman–Crippen LogP) is 1.22. The van der Waals surface area contributed by atoms with E-state index >= 15 is 0 Å². The molecule has 3 N–H and O–H groups in total. The number of aromatic nitrogens is 4. The van der Waals surface area contributed by atoms with Crippen molar-refractivity contribution in [3.05, 3.63) is 12.2 Å². The lowest BCUT2D eigenvalue weighted by Crippen LogP contribution is -2.11. The summed E-state index contributed by atoms with van der Waals surface area (Å²) in [5, 5.41) is -3.64. The van der Waals surface area contributed by atoms with Gasteiger partial charge >= 0.3 is 5.38 Å². The summed E-state index contributed by atoms with van der Waals surface area (Å²) in [5.41, 5.74) is 5.76. The van der Waals surface area contributed by atoms with Crippen LogP contribution in [-0.4, -0.2) is 19.9 Å². The van der Waals surface area contributed by atoms with E-state index < -0.39 is 11.2 Å². The molecule has 2 rings (SSSR count). The highest BCUT2D eigenvalue weighted by Crippen LogP contribution is 2.30. The van der Waals surface area contributed by atoms with Crippen LogP contribution in [0.15, 0.2) is 6.33 Å². The Hall–Kier alpha value is -1.50. The van der Waals surface area contributed by atoms with Crippen molar-refractivity contribution in [1.29, 1.82) is 0 Å². The normalized spacial score (nSPS) is 12.2. The Morgan fingerprint density at radius 1 is 1.43 bits per heavy atom. The number of halogens is 3. The van der Waals surface area contributed by atoms with Crippen molar-refractivity contribution in [2.24, 2.45) is 0 Å². The Morgan fingerprint density at radius 3 is 2.79 bits per heavy atom. The molecule has 74 valence electrons. The van der Waals surface area contributed by atoms with Gasteiger partial charge < -0.3 is 10.7 Å². The minimum atomic E-state index is -3.64. The lowest BCUT2D eigenvalue weighted by molar-refractivity contribution is 0.0850. The topological polar surface area (TPSA) is 80.5 Å². The van der Waals surface area contributed by atoms with E-state index in [9.17, 15) is 8.78 Å². The molecule has 0 unspecified atom stereocenters. The number of rotatable bonds is 1. The van der Waals surface area contributed by atoms with E-state index in [2.05, 4.69) is 19.9 Å². The first-order chi connectivity index (χ1) is 6.48. The fraction of sp³-hybridized carbons (Fsp3) is 0.167. The third-order valence-electron chi connectivity index (χ3n) is 1.57. The molecule has 0 saturated carbocycles. The zero-order chi connectivity index (χ0) is 10.3. The van der Waals surface area contributed by atoms with Gasteiger partial charge in [0.2, 0.25) is 5.82 Å². The SMILES string of the molecule is Nc1nc(C(F)(F)Cl)nc2nc[nH]c12. The number of alkyl halides is 3. The van der Waals surface area contributed by atoms with Crippen LogP contribution in [0.4, 0.5) is 14.6 Å². The van der Waals surface area contributed by atoms with Crippen molar-refractivity contribution in [2.45, 2.75) is 5.38 Å². The molecule has 8 heteroatoms. The van der Waals surface area contributed by atoms with Crippen LogP contribution in [0.5, 0.6) is 0 Å². The number of nitrogens with one attached hydrogen (secondary N) is 1. The Balaban J connectivity index is 2.70. The van der Waals surface area contributed by atoms with E-state index in [1.807, 2.05) is 0 Å². The first-order valence-corrected chi connectivity index (χ1v) is 3.90. The molecular formula is C6H4ClF2N5. The number of hydrogen-bond donors (Lipinski definition) is 2. The Bertz CT molecular complexity index is 477. The summed E-state index contributed by atoms with van der Waals surface area (Å²) in [6.45, 7) is 0. The molecule has 0 radical (unpaired) electrons. The smallest absolute Gasteiger partial charge is 0.381 e. The molecule has 0 atom stereocenters. The molecule has 5 nitrogen and oxygen atoms in total. The van der Waals surface area contributed by atoms with E-state index in [4.69, 9.17) is 17.3 Å². The second-order valence-electron chi connectivity index (χ2n) is 2.53. The Morgan fingerprint density at radius 2 is 2.14 bits per heavy atom. The largest absolute Gasteiger partial charge is 0.382 e. The molecule has 2 aromatic heterocycles. The van der Waals surface area contributed by atoms with Crippen LogP contribution in [0, 0.1) is 0 Å². The fourth-order valence-corrected chi connectivity index (χ4v) is 1.07. The number of nitrogen functional groups attached to an aromatic ring is 1. The maximum absolute atomic E-state index is 12.6. The van der Waals surface area contributed by atoms with Crippen LogP contribution < -0.4 is 5.73 Å². The van der Waals surface area contributed by atoms with Crippen LogP contribution in [0.3, 0.4) is 0 Å². The third-order valence-corrected chi connectivity index (χ3v) is 1.74. The number of imidazole rings is 1. The molecule has 0 spiro atoms. The Labute approximate surface area is 81.3 Å². The maximum Gasteiger partial charge on any atom is 0.381 e. The van der Waals surface area contributed by atoms with Gasteiger partial charge in [-0.2, -0.15) is 8.78 Å². The number of hydrogen-bond acceptors (Lipinski definition) is 4. The van der Waals surface area contributed by atoms with E-state index in [1.54, 1.807) is 0 Å². The number of H-pyrrole nitrogens is 1. The molecule has 2 aromatic rings. The van der Waals surface area contributed by atoms with E-state index in [1.165, 1.54) is 6.33 Å². The average Bonchev–Trinajstić information content (AvgIpc) is 2.50. The first kappa shape index (κ1) is 9.07. The molecule has 0 saturated heterocycles. The Kier molecular flexibility index (Phi) is 1.78. The molecule has 0 aliphatic carbocycles.